The molecule has 5 heteroatoms. The van der Waals surface area contributed by atoms with Crippen molar-refractivity contribution in [1.29, 1.82) is 0 Å². The number of rotatable bonds is 5. The van der Waals surface area contributed by atoms with Crippen molar-refractivity contribution in [3.8, 4) is 16.9 Å². The van der Waals surface area contributed by atoms with Crippen molar-refractivity contribution in [2.45, 2.75) is 26.0 Å². The van der Waals surface area contributed by atoms with E-state index in [1.165, 1.54) is 0 Å². The number of ether oxygens (including phenoxy) is 1. The van der Waals surface area contributed by atoms with Crippen molar-refractivity contribution >= 4 is 11.0 Å². The van der Waals surface area contributed by atoms with Gasteiger partial charge in [-0.25, -0.2) is 0 Å². The Hall–Kier alpha value is -2.34. The van der Waals surface area contributed by atoms with E-state index in [-0.39, 0.29) is 12.5 Å². The van der Waals surface area contributed by atoms with Crippen molar-refractivity contribution in [2.24, 2.45) is 5.92 Å². The Morgan fingerprint density at radius 1 is 1.21 bits per heavy atom. The predicted molar refractivity (Wildman–Crippen MR) is 109 cm³/mol. The van der Waals surface area contributed by atoms with Crippen molar-refractivity contribution < 1.29 is 19.4 Å². The van der Waals surface area contributed by atoms with Crippen LogP contribution in [0.3, 0.4) is 0 Å². The van der Waals surface area contributed by atoms with Crippen LogP contribution in [-0.4, -0.2) is 48.0 Å². The van der Waals surface area contributed by atoms with Crippen LogP contribution in [0.25, 0.3) is 22.1 Å². The average molecular weight is 381 g/mol. The summed E-state index contributed by atoms with van der Waals surface area (Å²) in [6.45, 7) is 4.16. The first-order chi connectivity index (χ1) is 13.6. The number of piperidine rings is 1. The second-order valence-corrected chi connectivity index (χ2v) is 7.59. The summed E-state index contributed by atoms with van der Waals surface area (Å²) in [4.78, 5) is 2.26. The molecule has 0 unspecified atom stereocenters. The fourth-order valence-electron chi connectivity index (χ4n) is 4.22. The Morgan fingerprint density at radius 3 is 2.71 bits per heavy atom. The van der Waals surface area contributed by atoms with Crippen molar-refractivity contribution in [2.75, 3.05) is 26.8 Å². The molecule has 4 rings (SSSR count). The summed E-state index contributed by atoms with van der Waals surface area (Å²) in [5.74, 6) is 1.62. The first-order valence-corrected chi connectivity index (χ1v) is 9.77. The zero-order valence-electron chi connectivity index (χ0n) is 16.4. The Morgan fingerprint density at radius 2 is 2.00 bits per heavy atom. The van der Waals surface area contributed by atoms with Crippen molar-refractivity contribution in [1.82, 2.24) is 4.90 Å². The molecule has 0 spiro atoms. The van der Waals surface area contributed by atoms with Gasteiger partial charge < -0.3 is 19.4 Å². The zero-order valence-corrected chi connectivity index (χ0v) is 16.4. The maximum Gasteiger partial charge on any atom is 0.135 e. The van der Waals surface area contributed by atoms with Gasteiger partial charge in [0.15, 0.2) is 0 Å². The summed E-state index contributed by atoms with van der Waals surface area (Å²) < 4.78 is 11.8. The van der Waals surface area contributed by atoms with E-state index in [1.54, 1.807) is 7.11 Å². The summed E-state index contributed by atoms with van der Waals surface area (Å²) in [6, 6.07) is 14.4. The van der Waals surface area contributed by atoms with E-state index in [1.807, 2.05) is 25.1 Å². The normalized spacial score (nSPS) is 20.6. The molecule has 0 aliphatic carbocycles. The average Bonchev–Trinajstić information content (AvgIpc) is 3.03. The minimum absolute atomic E-state index is 0.00561. The smallest absolute Gasteiger partial charge is 0.135 e. The standard InChI is InChI=1S/C23H27NO4/c1-15-23(16-6-4-3-5-7-16)19-11-21(27-2)17(10-22(19)28-15)12-24-9-8-20(26)18(13-24)14-25/h3-7,10-11,18,20,25-26H,8-9,12-14H2,1-2H3/t18-,20-/m1/s1. The number of hydrogen-bond donors (Lipinski definition) is 2. The molecule has 2 N–H and O–H groups in total. The van der Waals surface area contributed by atoms with Gasteiger partial charge in [-0.05, 0) is 31.0 Å². The molecule has 0 bridgehead atoms. The maximum absolute atomic E-state index is 10.0. The molecule has 148 valence electrons. The Balaban J connectivity index is 1.69. The Kier molecular flexibility index (Phi) is 5.40. The molecular formula is C23H27NO4. The molecule has 5 nitrogen and oxygen atoms in total. The highest BCUT2D eigenvalue weighted by Crippen LogP contribution is 2.38. The largest absolute Gasteiger partial charge is 0.496 e. The summed E-state index contributed by atoms with van der Waals surface area (Å²) in [6.07, 6.45) is 0.250. The number of furan rings is 1. The van der Waals surface area contributed by atoms with Crippen LogP contribution in [0.4, 0.5) is 0 Å². The van der Waals surface area contributed by atoms with E-state index in [0.29, 0.717) is 19.5 Å². The van der Waals surface area contributed by atoms with Gasteiger partial charge in [0.05, 0.1) is 13.2 Å². The molecule has 0 saturated carbocycles. The number of likely N-dealkylation sites (tertiary alicyclic amines) is 1. The quantitative estimate of drug-likeness (QED) is 0.707. The second-order valence-electron chi connectivity index (χ2n) is 7.59. The number of methoxy groups -OCH3 is 1. The monoisotopic (exact) mass is 381 g/mol. The highest BCUT2D eigenvalue weighted by atomic mass is 16.5. The molecule has 3 aromatic rings. The molecule has 1 saturated heterocycles. The lowest BCUT2D eigenvalue weighted by Crippen LogP contribution is -2.44. The van der Waals surface area contributed by atoms with Crippen LogP contribution >= 0.6 is 0 Å². The third-order valence-corrected chi connectivity index (χ3v) is 5.74. The van der Waals surface area contributed by atoms with Crippen molar-refractivity contribution in [3.63, 3.8) is 0 Å². The lowest BCUT2D eigenvalue weighted by Gasteiger charge is -2.35. The SMILES string of the molecule is COc1cc2c(-c3ccccc3)c(C)oc2cc1CN1CC[C@@H](O)[C@@H](CO)C1. The highest BCUT2D eigenvalue weighted by molar-refractivity contribution is 5.97. The first-order valence-electron chi connectivity index (χ1n) is 9.77. The van der Waals surface area contributed by atoms with Crippen LogP contribution in [0.5, 0.6) is 5.75 Å². The molecule has 1 fully saturated rings. The fourth-order valence-corrected chi connectivity index (χ4v) is 4.22. The number of hydrogen-bond acceptors (Lipinski definition) is 5. The molecule has 0 amide bonds. The van der Waals surface area contributed by atoms with E-state index < -0.39 is 6.10 Å². The van der Waals surface area contributed by atoms with Gasteiger partial charge in [0.2, 0.25) is 0 Å². The molecule has 28 heavy (non-hydrogen) atoms. The third-order valence-electron chi connectivity index (χ3n) is 5.74. The number of benzene rings is 2. The second kappa shape index (κ2) is 7.95. The third kappa shape index (κ3) is 3.53. The van der Waals surface area contributed by atoms with Gasteiger partial charge in [-0.15, -0.1) is 0 Å². The molecule has 2 heterocycles. The van der Waals surface area contributed by atoms with Gasteiger partial charge >= 0.3 is 0 Å². The van der Waals surface area contributed by atoms with Crippen LogP contribution < -0.4 is 4.74 Å². The Bertz CT molecular complexity index is 950. The lowest BCUT2D eigenvalue weighted by molar-refractivity contribution is -0.00216. The fraction of sp³-hybridized carbons (Fsp3) is 0.391. The molecule has 1 aliphatic rings. The number of aryl methyl sites for hydroxylation is 1. The maximum atomic E-state index is 10.0. The summed E-state index contributed by atoms with van der Waals surface area (Å²) in [5.41, 5.74) is 4.13. The highest BCUT2D eigenvalue weighted by Gasteiger charge is 2.28. The van der Waals surface area contributed by atoms with E-state index >= 15 is 0 Å². The van der Waals surface area contributed by atoms with E-state index in [0.717, 1.165) is 45.7 Å². The molecule has 2 aromatic carbocycles. The minimum atomic E-state index is -0.424. The number of fused-ring (bicyclic) bond motifs is 1. The molecule has 0 radical (unpaired) electrons. The lowest BCUT2D eigenvalue weighted by atomic mass is 9.95. The zero-order chi connectivity index (χ0) is 19.7. The summed E-state index contributed by atoms with van der Waals surface area (Å²) in [7, 11) is 1.69. The first kappa shape index (κ1) is 19.0. The van der Waals surface area contributed by atoms with Gasteiger partial charge in [-0.3, -0.25) is 4.90 Å². The van der Waals surface area contributed by atoms with Gasteiger partial charge in [0.25, 0.3) is 0 Å². The van der Waals surface area contributed by atoms with E-state index in [2.05, 4.69) is 29.2 Å². The topological polar surface area (TPSA) is 66.1 Å². The van der Waals surface area contributed by atoms with Gasteiger partial charge in [-0.2, -0.15) is 0 Å². The van der Waals surface area contributed by atoms with Crippen LogP contribution in [0.1, 0.15) is 17.7 Å². The predicted octanol–water partition coefficient (Wildman–Crippen LogP) is 3.59. The summed E-state index contributed by atoms with van der Waals surface area (Å²) in [5, 5.41) is 20.6. The molecule has 2 atom stereocenters. The van der Waals surface area contributed by atoms with Gasteiger partial charge in [-0.1, -0.05) is 30.3 Å². The Labute approximate surface area is 165 Å². The number of aliphatic hydroxyl groups is 2. The van der Waals surface area contributed by atoms with E-state index in [4.69, 9.17) is 9.15 Å². The van der Waals surface area contributed by atoms with Crippen LogP contribution in [0.15, 0.2) is 46.9 Å². The number of nitrogens with zero attached hydrogens (tertiary/aromatic N) is 1. The molecule has 1 aliphatic heterocycles. The molecule has 1 aromatic heterocycles. The molecular weight excluding hydrogens is 354 g/mol. The van der Waals surface area contributed by atoms with E-state index in [9.17, 15) is 10.2 Å². The van der Waals surface area contributed by atoms with Crippen molar-refractivity contribution in [3.05, 3.63) is 53.8 Å². The van der Waals surface area contributed by atoms with Crippen LogP contribution in [-0.2, 0) is 6.54 Å². The minimum Gasteiger partial charge on any atom is -0.496 e. The van der Waals surface area contributed by atoms with Gasteiger partial charge in [0, 0.05) is 48.7 Å². The number of aliphatic hydroxyl groups excluding tert-OH is 2. The van der Waals surface area contributed by atoms with Crippen LogP contribution in [0, 0.1) is 12.8 Å². The van der Waals surface area contributed by atoms with Crippen LogP contribution in [0.2, 0.25) is 0 Å². The summed E-state index contributed by atoms with van der Waals surface area (Å²) >= 11 is 0. The van der Waals surface area contributed by atoms with Gasteiger partial charge in [0.1, 0.15) is 17.1 Å².